The Balaban J connectivity index is 0.000000534. The first-order chi connectivity index (χ1) is 15.1. The van der Waals surface area contributed by atoms with Gasteiger partial charge in [0.25, 0.3) is 0 Å². The van der Waals surface area contributed by atoms with E-state index in [1.54, 1.807) is 12.1 Å². The van der Waals surface area contributed by atoms with E-state index >= 15 is 0 Å². The van der Waals surface area contributed by atoms with Gasteiger partial charge < -0.3 is 19.8 Å². The lowest BCUT2D eigenvalue weighted by molar-refractivity contribution is -0.159. The number of likely N-dealkylation sites (tertiary alicyclic amines) is 1. The molecule has 32 heavy (non-hydrogen) atoms. The Morgan fingerprint density at radius 1 is 0.938 bits per heavy atom. The highest BCUT2D eigenvalue weighted by molar-refractivity contribution is 6.27. The SMILES string of the molecule is Fc1ccc(C(CCN2CCCC2)Oc2ccc(C(F)(F)F)cc2)cc1.O=C(O)C(=O)O. The largest absolute Gasteiger partial charge is 0.486 e. The molecule has 1 aliphatic rings. The number of hydrogen-bond acceptors (Lipinski definition) is 4. The number of alkyl halides is 3. The fraction of sp³-hybridized carbons (Fsp3) is 0.364. The molecule has 0 saturated carbocycles. The minimum atomic E-state index is -4.37. The lowest BCUT2D eigenvalue weighted by atomic mass is 10.1. The summed E-state index contributed by atoms with van der Waals surface area (Å²) in [6, 6.07) is 10.7. The second-order valence-electron chi connectivity index (χ2n) is 7.13. The Bertz CT molecular complexity index is 867. The van der Waals surface area contributed by atoms with Crippen molar-refractivity contribution in [3.8, 4) is 5.75 Å². The average molecular weight is 457 g/mol. The Hall–Kier alpha value is -3.14. The van der Waals surface area contributed by atoms with Crippen LogP contribution in [-0.2, 0) is 15.8 Å². The molecule has 0 aromatic heterocycles. The maximum Gasteiger partial charge on any atom is 0.416 e. The summed E-state index contributed by atoms with van der Waals surface area (Å²) in [6.07, 6.45) is -1.66. The second-order valence-corrected chi connectivity index (χ2v) is 7.13. The molecule has 0 amide bonds. The summed E-state index contributed by atoms with van der Waals surface area (Å²) in [6.45, 7) is 2.94. The van der Waals surface area contributed by atoms with Crippen LogP contribution >= 0.6 is 0 Å². The maximum absolute atomic E-state index is 13.2. The van der Waals surface area contributed by atoms with Gasteiger partial charge in [0.1, 0.15) is 17.7 Å². The highest BCUT2D eigenvalue weighted by atomic mass is 19.4. The zero-order valence-electron chi connectivity index (χ0n) is 17.0. The number of benzene rings is 2. The third kappa shape index (κ3) is 8.18. The standard InChI is InChI=1S/C20H21F4NO.C2H2O4/c21-17-7-3-15(4-8-17)19(11-14-25-12-1-2-13-25)26-18-9-5-16(6-10-18)20(22,23)24;3-1(4)2(5)6/h3-10,19H,1-2,11-14H2;(H,3,4)(H,5,6). The van der Waals surface area contributed by atoms with Crippen molar-refractivity contribution in [2.75, 3.05) is 19.6 Å². The van der Waals surface area contributed by atoms with E-state index in [-0.39, 0.29) is 11.9 Å². The van der Waals surface area contributed by atoms with Crippen LogP contribution in [0.4, 0.5) is 17.6 Å². The van der Waals surface area contributed by atoms with Gasteiger partial charge in [-0.15, -0.1) is 0 Å². The summed E-state index contributed by atoms with van der Waals surface area (Å²) in [5.74, 6) is -3.61. The molecule has 1 fully saturated rings. The molecule has 174 valence electrons. The first kappa shape index (κ1) is 25.1. The fourth-order valence-corrected chi connectivity index (χ4v) is 3.16. The minimum absolute atomic E-state index is 0.332. The quantitative estimate of drug-likeness (QED) is 0.487. The van der Waals surface area contributed by atoms with Crippen LogP contribution in [0.1, 0.15) is 36.5 Å². The highest BCUT2D eigenvalue weighted by Gasteiger charge is 2.30. The Kier molecular flexibility index (Phi) is 9.01. The lowest BCUT2D eigenvalue weighted by Crippen LogP contribution is -2.23. The summed E-state index contributed by atoms with van der Waals surface area (Å²) < 4.78 is 57.3. The molecule has 3 rings (SSSR count). The summed E-state index contributed by atoms with van der Waals surface area (Å²) in [4.78, 5) is 20.5. The van der Waals surface area contributed by atoms with Crippen molar-refractivity contribution < 1.29 is 42.1 Å². The van der Waals surface area contributed by atoms with Crippen LogP contribution in [-0.4, -0.2) is 46.7 Å². The van der Waals surface area contributed by atoms with Crippen molar-refractivity contribution in [3.05, 3.63) is 65.5 Å². The molecule has 1 unspecified atom stereocenters. The van der Waals surface area contributed by atoms with Crippen LogP contribution in [0.25, 0.3) is 0 Å². The summed E-state index contributed by atoms with van der Waals surface area (Å²) in [5, 5.41) is 14.8. The van der Waals surface area contributed by atoms with Crippen molar-refractivity contribution in [1.29, 1.82) is 0 Å². The van der Waals surface area contributed by atoms with Crippen LogP contribution in [0, 0.1) is 5.82 Å². The van der Waals surface area contributed by atoms with Gasteiger partial charge in [-0.25, -0.2) is 14.0 Å². The summed E-state index contributed by atoms with van der Waals surface area (Å²) in [5.41, 5.74) is 0.103. The van der Waals surface area contributed by atoms with E-state index in [9.17, 15) is 17.6 Å². The average Bonchev–Trinajstić information content (AvgIpc) is 3.25. The number of aliphatic carboxylic acids is 2. The number of carboxylic acid groups (broad SMARTS) is 2. The third-order valence-corrected chi connectivity index (χ3v) is 4.79. The van der Waals surface area contributed by atoms with Gasteiger partial charge in [-0.05, 0) is 67.9 Å². The number of carbonyl (C=O) groups is 2. The molecule has 0 spiro atoms. The van der Waals surface area contributed by atoms with Crippen LogP contribution < -0.4 is 4.74 Å². The Labute approximate surface area is 182 Å². The van der Waals surface area contributed by atoms with E-state index in [2.05, 4.69) is 4.90 Å². The van der Waals surface area contributed by atoms with E-state index < -0.39 is 23.7 Å². The maximum atomic E-state index is 13.2. The normalized spacial score (nSPS) is 14.9. The molecule has 1 atom stereocenters. The molecule has 2 aromatic carbocycles. The van der Waals surface area contributed by atoms with Gasteiger partial charge in [0.15, 0.2) is 0 Å². The zero-order chi connectivity index (χ0) is 23.7. The molecule has 6 nitrogen and oxygen atoms in total. The molecular weight excluding hydrogens is 434 g/mol. The van der Waals surface area contributed by atoms with Gasteiger partial charge in [0.2, 0.25) is 0 Å². The number of ether oxygens (including phenoxy) is 1. The molecule has 1 heterocycles. The van der Waals surface area contributed by atoms with Crippen LogP contribution in [0.2, 0.25) is 0 Å². The topological polar surface area (TPSA) is 87.1 Å². The molecule has 2 aromatic rings. The van der Waals surface area contributed by atoms with Crippen molar-refractivity contribution in [2.45, 2.75) is 31.5 Å². The molecular formula is C22H23F4NO5. The summed E-state index contributed by atoms with van der Waals surface area (Å²) >= 11 is 0. The lowest BCUT2D eigenvalue weighted by Gasteiger charge is -2.23. The molecule has 1 aliphatic heterocycles. The van der Waals surface area contributed by atoms with Gasteiger partial charge in [0.05, 0.1) is 5.56 Å². The third-order valence-electron chi connectivity index (χ3n) is 4.79. The van der Waals surface area contributed by atoms with Gasteiger partial charge in [-0.1, -0.05) is 12.1 Å². The predicted molar refractivity (Wildman–Crippen MR) is 107 cm³/mol. The van der Waals surface area contributed by atoms with Gasteiger partial charge in [-0.2, -0.15) is 13.2 Å². The molecule has 0 aliphatic carbocycles. The molecule has 2 N–H and O–H groups in total. The molecule has 1 saturated heterocycles. The second kappa shape index (κ2) is 11.5. The molecule has 0 bridgehead atoms. The summed E-state index contributed by atoms with van der Waals surface area (Å²) in [7, 11) is 0. The van der Waals surface area contributed by atoms with Crippen LogP contribution in [0.15, 0.2) is 48.5 Å². The van der Waals surface area contributed by atoms with Crippen molar-refractivity contribution >= 4 is 11.9 Å². The minimum Gasteiger partial charge on any atom is -0.486 e. The van der Waals surface area contributed by atoms with Gasteiger partial charge >= 0.3 is 18.1 Å². The molecule has 0 radical (unpaired) electrons. The Morgan fingerprint density at radius 3 is 1.94 bits per heavy atom. The number of nitrogens with zero attached hydrogens (tertiary/aromatic N) is 1. The fourth-order valence-electron chi connectivity index (χ4n) is 3.16. The van der Waals surface area contributed by atoms with Crippen molar-refractivity contribution in [3.63, 3.8) is 0 Å². The number of hydrogen-bond donors (Lipinski definition) is 2. The smallest absolute Gasteiger partial charge is 0.416 e. The van der Waals surface area contributed by atoms with E-state index in [0.717, 1.165) is 37.3 Å². The van der Waals surface area contributed by atoms with Gasteiger partial charge in [-0.3, -0.25) is 0 Å². The number of carboxylic acids is 2. The van der Waals surface area contributed by atoms with E-state index in [4.69, 9.17) is 24.5 Å². The monoisotopic (exact) mass is 457 g/mol. The first-order valence-electron chi connectivity index (χ1n) is 9.84. The van der Waals surface area contributed by atoms with E-state index in [1.807, 2.05) is 0 Å². The predicted octanol–water partition coefficient (Wildman–Crippen LogP) is 4.61. The van der Waals surface area contributed by atoms with Gasteiger partial charge in [0, 0.05) is 13.0 Å². The van der Waals surface area contributed by atoms with E-state index in [0.29, 0.717) is 12.2 Å². The van der Waals surface area contributed by atoms with Crippen LogP contribution in [0.5, 0.6) is 5.75 Å². The first-order valence-corrected chi connectivity index (χ1v) is 9.84. The van der Waals surface area contributed by atoms with Crippen molar-refractivity contribution in [2.24, 2.45) is 0 Å². The Morgan fingerprint density at radius 2 is 1.47 bits per heavy atom. The molecule has 10 heteroatoms. The zero-order valence-corrected chi connectivity index (χ0v) is 17.0. The highest BCUT2D eigenvalue weighted by Crippen LogP contribution is 2.32. The van der Waals surface area contributed by atoms with Crippen molar-refractivity contribution in [1.82, 2.24) is 4.90 Å². The number of rotatable bonds is 6. The van der Waals surface area contributed by atoms with E-state index in [1.165, 1.54) is 37.1 Å². The number of halogens is 4. The van der Waals surface area contributed by atoms with Crippen LogP contribution in [0.3, 0.4) is 0 Å².